The molecule has 2 rings (SSSR count). The summed E-state index contributed by atoms with van der Waals surface area (Å²) in [5.74, 6) is -0.797. The highest BCUT2D eigenvalue weighted by Gasteiger charge is 2.26. The number of hydrogen-bond donors (Lipinski definition) is 1. The fraction of sp³-hybridized carbons (Fsp3) is 0.429. The van der Waals surface area contributed by atoms with Gasteiger partial charge in [-0.1, -0.05) is 11.6 Å². The van der Waals surface area contributed by atoms with Crippen molar-refractivity contribution in [3.8, 4) is 0 Å². The first-order valence-corrected chi connectivity index (χ1v) is 7.46. The van der Waals surface area contributed by atoms with E-state index in [0.717, 1.165) is 0 Å². The van der Waals surface area contributed by atoms with Crippen molar-refractivity contribution in [3.05, 3.63) is 38.9 Å². The molecule has 1 N–H and O–H groups in total. The van der Waals surface area contributed by atoms with E-state index in [1.54, 1.807) is 4.90 Å². The molecule has 23 heavy (non-hydrogen) atoms. The molecule has 0 spiro atoms. The number of nitrogens with zero attached hydrogens (tertiary/aromatic N) is 3. The lowest BCUT2D eigenvalue weighted by Crippen LogP contribution is -2.49. The van der Waals surface area contributed by atoms with Crippen molar-refractivity contribution < 1.29 is 14.5 Å². The average molecular weight is 341 g/mol. The minimum absolute atomic E-state index is 0.127. The van der Waals surface area contributed by atoms with E-state index in [4.69, 9.17) is 11.6 Å². The number of nitrogens with one attached hydrogen (secondary N) is 1. The molecule has 0 saturated carbocycles. The van der Waals surface area contributed by atoms with E-state index in [1.165, 1.54) is 30.1 Å². The maximum absolute atomic E-state index is 12.4. The molecule has 1 aliphatic heterocycles. The van der Waals surface area contributed by atoms with Gasteiger partial charge in [-0.2, -0.15) is 0 Å². The lowest BCUT2D eigenvalue weighted by molar-refractivity contribution is -0.385. The van der Waals surface area contributed by atoms with Gasteiger partial charge >= 0.3 is 0 Å². The molecule has 0 bridgehead atoms. The van der Waals surface area contributed by atoms with Gasteiger partial charge in [0, 0.05) is 44.3 Å². The maximum Gasteiger partial charge on any atom is 0.282 e. The lowest BCUT2D eigenvalue weighted by atomic mass is 10.1. The van der Waals surface area contributed by atoms with Gasteiger partial charge in [0.25, 0.3) is 11.6 Å². The summed E-state index contributed by atoms with van der Waals surface area (Å²) in [6.45, 7) is 2.45. The summed E-state index contributed by atoms with van der Waals surface area (Å²) >= 11 is 5.82. The number of halogens is 1. The highest BCUT2D eigenvalue weighted by molar-refractivity contribution is 6.31. The largest absolute Gasteiger partial charge is 0.339 e. The third-order valence-corrected chi connectivity index (χ3v) is 3.81. The predicted octanol–water partition coefficient (Wildman–Crippen LogP) is 0.752. The van der Waals surface area contributed by atoms with E-state index in [1.807, 2.05) is 0 Å². The minimum atomic E-state index is -0.643. The number of carbonyl (C=O) groups excluding carboxylic acids is 2. The summed E-state index contributed by atoms with van der Waals surface area (Å²) in [5.41, 5.74) is -0.459. The van der Waals surface area contributed by atoms with Crippen molar-refractivity contribution in [2.24, 2.45) is 0 Å². The fourth-order valence-corrected chi connectivity index (χ4v) is 2.51. The van der Waals surface area contributed by atoms with Crippen LogP contribution < -0.4 is 5.32 Å². The van der Waals surface area contributed by atoms with Crippen molar-refractivity contribution in [1.82, 2.24) is 15.1 Å². The smallest absolute Gasteiger partial charge is 0.282 e. The molecule has 1 aromatic rings. The first-order valence-electron chi connectivity index (χ1n) is 7.08. The summed E-state index contributed by atoms with van der Waals surface area (Å²) in [5, 5.41) is 14.4. The molecule has 0 atom stereocenters. The lowest BCUT2D eigenvalue weighted by Gasteiger charge is -2.29. The van der Waals surface area contributed by atoms with Gasteiger partial charge in [0.05, 0.1) is 11.5 Å². The van der Waals surface area contributed by atoms with Crippen LogP contribution in [-0.2, 0) is 4.79 Å². The summed E-state index contributed by atoms with van der Waals surface area (Å²) in [4.78, 5) is 37.8. The molecule has 0 radical (unpaired) electrons. The van der Waals surface area contributed by atoms with Crippen molar-refractivity contribution >= 4 is 29.1 Å². The van der Waals surface area contributed by atoms with Crippen LogP contribution in [0.3, 0.4) is 0 Å². The van der Waals surface area contributed by atoms with Crippen molar-refractivity contribution in [2.45, 2.75) is 0 Å². The summed E-state index contributed by atoms with van der Waals surface area (Å²) < 4.78 is 0. The quantitative estimate of drug-likeness (QED) is 0.644. The fourth-order valence-electron chi connectivity index (χ4n) is 2.33. The Bertz CT molecular complexity index is 631. The predicted molar refractivity (Wildman–Crippen MR) is 84.5 cm³/mol. The van der Waals surface area contributed by atoms with Crippen LogP contribution in [0.5, 0.6) is 0 Å². The summed E-state index contributed by atoms with van der Waals surface area (Å²) in [6.07, 6.45) is 0. The van der Waals surface area contributed by atoms with E-state index in [9.17, 15) is 19.7 Å². The second-order valence-corrected chi connectivity index (χ2v) is 5.65. The molecule has 1 fully saturated rings. The molecular weight excluding hydrogens is 324 g/mol. The monoisotopic (exact) mass is 340 g/mol. The van der Waals surface area contributed by atoms with Gasteiger partial charge in [-0.3, -0.25) is 19.7 Å². The SMILES string of the molecule is CN(CC(=O)N1CCNCC1)C(=O)c1cc(Cl)ccc1[N+](=O)[O-]. The molecule has 0 aliphatic carbocycles. The second kappa shape index (κ2) is 7.38. The molecular formula is C14H17ClN4O4. The zero-order chi connectivity index (χ0) is 17.0. The number of carbonyl (C=O) groups is 2. The van der Waals surface area contributed by atoms with Crippen LogP contribution in [0.4, 0.5) is 5.69 Å². The molecule has 2 amide bonds. The number of hydrogen-bond acceptors (Lipinski definition) is 5. The molecule has 124 valence electrons. The van der Waals surface area contributed by atoms with Crippen molar-refractivity contribution in [2.75, 3.05) is 39.8 Å². The van der Waals surface area contributed by atoms with Crippen LogP contribution in [-0.4, -0.2) is 66.3 Å². The number of nitro benzene ring substituents is 1. The molecule has 9 heteroatoms. The van der Waals surface area contributed by atoms with Gasteiger partial charge in [0.1, 0.15) is 5.56 Å². The van der Waals surface area contributed by atoms with Crippen LogP contribution in [0, 0.1) is 10.1 Å². The van der Waals surface area contributed by atoms with E-state index in [0.29, 0.717) is 26.2 Å². The first-order chi connectivity index (χ1) is 10.9. The van der Waals surface area contributed by atoms with E-state index >= 15 is 0 Å². The number of amides is 2. The normalized spacial score (nSPS) is 14.4. The number of rotatable bonds is 4. The Morgan fingerprint density at radius 1 is 1.39 bits per heavy atom. The molecule has 1 heterocycles. The number of likely N-dealkylation sites (N-methyl/N-ethyl adjacent to an activating group) is 1. The van der Waals surface area contributed by atoms with Crippen LogP contribution in [0.25, 0.3) is 0 Å². The number of benzene rings is 1. The van der Waals surface area contributed by atoms with Gasteiger partial charge in [-0.25, -0.2) is 0 Å². The Kier molecular flexibility index (Phi) is 5.51. The standard InChI is InChI=1S/C14H17ClN4O4/c1-17(9-13(20)18-6-4-16-5-7-18)14(21)11-8-10(15)2-3-12(11)19(22)23/h2-3,8,16H,4-7,9H2,1H3. The highest BCUT2D eigenvalue weighted by atomic mass is 35.5. The van der Waals surface area contributed by atoms with Crippen LogP contribution in [0.1, 0.15) is 10.4 Å². The number of nitro groups is 1. The molecule has 1 saturated heterocycles. The van der Waals surface area contributed by atoms with Crippen LogP contribution in [0.2, 0.25) is 5.02 Å². The molecule has 1 aliphatic rings. The topological polar surface area (TPSA) is 95.8 Å². The average Bonchev–Trinajstić information content (AvgIpc) is 2.54. The molecule has 8 nitrogen and oxygen atoms in total. The molecule has 0 unspecified atom stereocenters. The Hall–Kier alpha value is -2.19. The Morgan fingerprint density at radius 2 is 2.04 bits per heavy atom. The van der Waals surface area contributed by atoms with Gasteiger partial charge in [0.2, 0.25) is 5.91 Å². The van der Waals surface area contributed by atoms with Gasteiger partial charge in [-0.15, -0.1) is 0 Å². The van der Waals surface area contributed by atoms with E-state index < -0.39 is 10.8 Å². The maximum atomic E-state index is 12.4. The van der Waals surface area contributed by atoms with E-state index in [-0.39, 0.29) is 28.7 Å². The van der Waals surface area contributed by atoms with Crippen molar-refractivity contribution in [3.63, 3.8) is 0 Å². The second-order valence-electron chi connectivity index (χ2n) is 5.21. The molecule has 0 aromatic heterocycles. The zero-order valence-corrected chi connectivity index (χ0v) is 13.4. The molecule has 1 aromatic carbocycles. The third-order valence-electron chi connectivity index (χ3n) is 3.57. The minimum Gasteiger partial charge on any atom is -0.339 e. The third kappa shape index (κ3) is 4.17. The van der Waals surface area contributed by atoms with Crippen LogP contribution in [0.15, 0.2) is 18.2 Å². The zero-order valence-electron chi connectivity index (χ0n) is 12.6. The van der Waals surface area contributed by atoms with Crippen LogP contribution >= 0.6 is 11.6 Å². The Morgan fingerprint density at radius 3 is 2.65 bits per heavy atom. The Balaban J connectivity index is 2.11. The van der Waals surface area contributed by atoms with Crippen molar-refractivity contribution in [1.29, 1.82) is 0 Å². The summed E-state index contributed by atoms with van der Waals surface area (Å²) in [7, 11) is 1.44. The van der Waals surface area contributed by atoms with Gasteiger partial charge < -0.3 is 15.1 Å². The van der Waals surface area contributed by atoms with E-state index in [2.05, 4.69) is 5.32 Å². The number of piperazine rings is 1. The van der Waals surface area contributed by atoms with Gasteiger partial charge in [0.15, 0.2) is 0 Å². The van der Waals surface area contributed by atoms with Gasteiger partial charge in [-0.05, 0) is 12.1 Å². The Labute approximate surface area is 138 Å². The first kappa shape index (κ1) is 17.2. The highest BCUT2D eigenvalue weighted by Crippen LogP contribution is 2.23. The summed E-state index contributed by atoms with van der Waals surface area (Å²) in [6, 6.07) is 3.78.